The molecule has 1 aliphatic rings. The number of rotatable bonds is 4. The van der Waals surface area contributed by atoms with Gasteiger partial charge < -0.3 is 10.6 Å². The van der Waals surface area contributed by atoms with Crippen LogP contribution < -0.4 is 10.6 Å². The standard InChI is InChI=1S/C19H20Cl2N2O/c20-15-10-6-9-14(17(15)21)19(24)23-18(13-7-2-1-3-8-13)16-11-4-5-12-22-16/h1-3,6-10,16,18,22H,4-5,11-12H2,(H,23,24)/t16-,18-/m0/s1. The number of hydrogen-bond acceptors (Lipinski definition) is 2. The Labute approximate surface area is 152 Å². The molecule has 0 aromatic heterocycles. The topological polar surface area (TPSA) is 41.1 Å². The molecular formula is C19H20Cl2N2O. The Morgan fingerprint density at radius 3 is 2.58 bits per heavy atom. The molecule has 1 amide bonds. The van der Waals surface area contributed by atoms with Crippen molar-refractivity contribution >= 4 is 29.1 Å². The molecule has 3 nitrogen and oxygen atoms in total. The van der Waals surface area contributed by atoms with Crippen molar-refractivity contribution < 1.29 is 4.79 Å². The Balaban J connectivity index is 1.86. The molecule has 1 heterocycles. The smallest absolute Gasteiger partial charge is 0.253 e. The molecule has 0 radical (unpaired) electrons. The van der Waals surface area contributed by atoms with Gasteiger partial charge in [-0.15, -0.1) is 0 Å². The van der Waals surface area contributed by atoms with Gasteiger partial charge in [0.2, 0.25) is 0 Å². The van der Waals surface area contributed by atoms with E-state index in [1.54, 1.807) is 18.2 Å². The number of amides is 1. The maximum atomic E-state index is 12.8. The third-order valence-electron chi connectivity index (χ3n) is 4.39. The Morgan fingerprint density at radius 2 is 1.88 bits per heavy atom. The lowest BCUT2D eigenvalue weighted by Crippen LogP contribution is -2.46. The molecule has 3 rings (SSSR count). The first-order chi connectivity index (χ1) is 11.7. The predicted molar refractivity (Wildman–Crippen MR) is 98.8 cm³/mol. The Kier molecular flexibility index (Phi) is 5.77. The molecule has 1 aliphatic heterocycles. The van der Waals surface area contributed by atoms with Crippen LogP contribution in [0, 0.1) is 0 Å². The summed E-state index contributed by atoms with van der Waals surface area (Å²) in [6, 6.07) is 15.3. The van der Waals surface area contributed by atoms with Gasteiger partial charge in [-0.3, -0.25) is 4.79 Å². The van der Waals surface area contributed by atoms with Crippen molar-refractivity contribution in [3.63, 3.8) is 0 Å². The summed E-state index contributed by atoms with van der Waals surface area (Å²) in [4.78, 5) is 12.8. The van der Waals surface area contributed by atoms with Gasteiger partial charge in [0.15, 0.2) is 0 Å². The van der Waals surface area contributed by atoms with E-state index in [1.165, 1.54) is 6.42 Å². The van der Waals surface area contributed by atoms with Crippen LogP contribution in [0.1, 0.15) is 41.2 Å². The van der Waals surface area contributed by atoms with Gasteiger partial charge in [-0.05, 0) is 37.1 Å². The highest BCUT2D eigenvalue weighted by Gasteiger charge is 2.27. The van der Waals surface area contributed by atoms with Gasteiger partial charge in [-0.1, -0.05) is 66.0 Å². The molecule has 2 aromatic carbocycles. The molecule has 0 spiro atoms. The van der Waals surface area contributed by atoms with Crippen molar-refractivity contribution in [1.29, 1.82) is 0 Å². The number of halogens is 2. The fourth-order valence-electron chi connectivity index (χ4n) is 3.14. The summed E-state index contributed by atoms with van der Waals surface area (Å²) in [6.07, 6.45) is 3.37. The highest BCUT2D eigenvalue weighted by Crippen LogP contribution is 2.28. The molecule has 126 valence electrons. The van der Waals surface area contributed by atoms with Crippen LogP contribution in [-0.2, 0) is 0 Å². The minimum Gasteiger partial charge on any atom is -0.344 e. The maximum absolute atomic E-state index is 12.8. The van der Waals surface area contributed by atoms with E-state index < -0.39 is 0 Å². The molecule has 5 heteroatoms. The van der Waals surface area contributed by atoms with Crippen LogP contribution in [0.3, 0.4) is 0 Å². The van der Waals surface area contributed by atoms with Crippen molar-refractivity contribution in [3.8, 4) is 0 Å². The number of hydrogen-bond donors (Lipinski definition) is 2. The van der Waals surface area contributed by atoms with Crippen LogP contribution in [0.5, 0.6) is 0 Å². The van der Waals surface area contributed by atoms with Gasteiger partial charge in [0.25, 0.3) is 5.91 Å². The minimum absolute atomic E-state index is 0.103. The molecule has 24 heavy (non-hydrogen) atoms. The van der Waals surface area contributed by atoms with E-state index in [1.807, 2.05) is 30.3 Å². The summed E-state index contributed by atoms with van der Waals surface area (Å²) in [6.45, 7) is 0.974. The molecule has 2 N–H and O–H groups in total. The summed E-state index contributed by atoms with van der Waals surface area (Å²) in [5.74, 6) is -0.205. The number of nitrogens with one attached hydrogen (secondary N) is 2. The molecule has 1 saturated heterocycles. The zero-order chi connectivity index (χ0) is 16.9. The first-order valence-electron chi connectivity index (χ1n) is 8.20. The Morgan fingerprint density at radius 1 is 1.08 bits per heavy atom. The van der Waals surface area contributed by atoms with Crippen LogP contribution in [-0.4, -0.2) is 18.5 Å². The van der Waals surface area contributed by atoms with E-state index in [-0.39, 0.29) is 18.0 Å². The van der Waals surface area contributed by atoms with Crippen LogP contribution in [0.25, 0.3) is 0 Å². The molecule has 2 atom stereocenters. The van der Waals surface area contributed by atoms with E-state index >= 15 is 0 Å². The van der Waals surface area contributed by atoms with E-state index in [9.17, 15) is 4.79 Å². The molecule has 0 aliphatic carbocycles. The zero-order valence-corrected chi connectivity index (χ0v) is 14.8. The molecule has 0 bridgehead atoms. The van der Waals surface area contributed by atoms with Crippen molar-refractivity contribution in [3.05, 3.63) is 69.7 Å². The van der Waals surface area contributed by atoms with Gasteiger partial charge in [-0.2, -0.15) is 0 Å². The van der Waals surface area contributed by atoms with Crippen LogP contribution >= 0.6 is 23.2 Å². The van der Waals surface area contributed by atoms with Crippen molar-refractivity contribution in [1.82, 2.24) is 10.6 Å². The van der Waals surface area contributed by atoms with E-state index in [0.717, 1.165) is 24.9 Å². The summed E-state index contributed by atoms with van der Waals surface area (Å²) in [7, 11) is 0. The Bertz CT molecular complexity index is 700. The van der Waals surface area contributed by atoms with E-state index in [0.29, 0.717) is 15.6 Å². The van der Waals surface area contributed by atoms with Gasteiger partial charge in [0.1, 0.15) is 0 Å². The summed E-state index contributed by atoms with van der Waals surface area (Å²) in [5, 5.41) is 7.35. The van der Waals surface area contributed by atoms with Crippen LogP contribution in [0.4, 0.5) is 0 Å². The largest absolute Gasteiger partial charge is 0.344 e. The average molecular weight is 363 g/mol. The third kappa shape index (κ3) is 3.92. The third-order valence-corrected chi connectivity index (χ3v) is 5.21. The number of carbonyl (C=O) groups is 1. The maximum Gasteiger partial charge on any atom is 0.253 e. The first kappa shape index (κ1) is 17.3. The van der Waals surface area contributed by atoms with Crippen molar-refractivity contribution in [2.45, 2.75) is 31.3 Å². The number of piperidine rings is 1. The number of benzene rings is 2. The molecule has 0 saturated carbocycles. The fraction of sp³-hybridized carbons (Fsp3) is 0.316. The normalized spacial score (nSPS) is 18.8. The SMILES string of the molecule is O=C(N[C@@H](c1ccccc1)[C@@H]1CCCCN1)c1cccc(Cl)c1Cl. The summed E-state index contributed by atoms with van der Waals surface area (Å²) < 4.78 is 0. The molecule has 0 unspecified atom stereocenters. The summed E-state index contributed by atoms with van der Waals surface area (Å²) >= 11 is 12.2. The second kappa shape index (κ2) is 8.02. The van der Waals surface area contributed by atoms with Crippen molar-refractivity contribution in [2.75, 3.05) is 6.54 Å². The lowest BCUT2D eigenvalue weighted by atomic mass is 9.92. The van der Waals surface area contributed by atoms with Crippen molar-refractivity contribution in [2.24, 2.45) is 0 Å². The lowest BCUT2D eigenvalue weighted by Gasteiger charge is -2.32. The minimum atomic E-state index is -0.205. The first-order valence-corrected chi connectivity index (χ1v) is 8.95. The van der Waals surface area contributed by atoms with Crippen LogP contribution in [0.2, 0.25) is 10.0 Å². The molecule has 2 aromatic rings. The quantitative estimate of drug-likeness (QED) is 0.833. The van der Waals surface area contributed by atoms with Crippen LogP contribution in [0.15, 0.2) is 48.5 Å². The number of carbonyl (C=O) groups excluding carboxylic acids is 1. The fourth-order valence-corrected chi connectivity index (χ4v) is 3.52. The predicted octanol–water partition coefficient (Wildman–Crippen LogP) is 4.61. The van der Waals surface area contributed by atoms with Gasteiger partial charge in [0.05, 0.1) is 21.7 Å². The van der Waals surface area contributed by atoms with E-state index in [4.69, 9.17) is 23.2 Å². The highest BCUT2D eigenvalue weighted by molar-refractivity contribution is 6.43. The van der Waals surface area contributed by atoms with E-state index in [2.05, 4.69) is 10.6 Å². The Hall–Kier alpha value is -1.55. The lowest BCUT2D eigenvalue weighted by molar-refractivity contribution is 0.0923. The second-order valence-corrected chi connectivity index (χ2v) is 6.80. The van der Waals surface area contributed by atoms with Gasteiger partial charge in [0, 0.05) is 6.04 Å². The molecule has 1 fully saturated rings. The molecular weight excluding hydrogens is 343 g/mol. The second-order valence-electron chi connectivity index (χ2n) is 6.02. The monoisotopic (exact) mass is 362 g/mol. The highest BCUT2D eigenvalue weighted by atomic mass is 35.5. The van der Waals surface area contributed by atoms with Gasteiger partial charge in [-0.25, -0.2) is 0 Å². The van der Waals surface area contributed by atoms with Gasteiger partial charge >= 0.3 is 0 Å². The zero-order valence-electron chi connectivity index (χ0n) is 13.3. The average Bonchev–Trinajstić information content (AvgIpc) is 2.63. The summed E-state index contributed by atoms with van der Waals surface area (Å²) in [5.41, 5.74) is 1.49.